The van der Waals surface area contributed by atoms with Crippen molar-refractivity contribution in [2.45, 2.75) is 49.9 Å². The average Bonchev–Trinajstić information content (AvgIpc) is 3.32. The predicted octanol–water partition coefficient (Wildman–Crippen LogP) is 1.97. The highest BCUT2D eigenvalue weighted by atomic mass is 16.3. The van der Waals surface area contributed by atoms with Gasteiger partial charge in [0.05, 0.1) is 23.9 Å². The normalized spacial score (nSPS) is 27.4. The minimum Gasteiger partial charge on any atom is -0.388 e. The van der Waals surface area contributed by atoms with Crippen LogP contribution in [0.2, 0.25) is 0 Å². The summed E-state index contributed by atoms with van der Waals surface area (Å²) in [4.78, 5) is 19.1. The van der Waals surface area contributed by atoms with Crippen molar-refractivity contribution in [1.29, 1.82) is 0 Å². The van der Waals surface area contributed by atoms with Gasteiger partial charge in [-0.15, -0.1) is 0 Å². The summed E-state index contributed by atoms with van der Waals surface area (Å²) >= 11 is 0. The largest absolute Gasteiger partial charge is 0.388 e. The van der Waals surface area contributed by atoms with Crippen molar-refractivity contribution in [1.82, 2.24) is 24.2 Å². The van der Waals surface area contributed by atoms with Crippen LogP contribution in [0.4, 0.5) is 0 Å². The Kier molecular flexibility index (Phi) is 3.62. The number of hydrogen-bond donors (Lipinski definition) is 1. The van der Waals surface area contributed by atoms with Crippen LogP contribution in [-0.4, -0.2) is 52.9 Å². The van der Waals surface area contributed by atoms with Gasteiger partial charge in [-0.05, 0) is 43.9 Å². The van der Waals surface area contributed by atoms with Crippen LogP contribution >= 0.6 is 0 Å². The molecule has 1 N–H and O–H groups in total. The van der Waals surface area contributed by atoms with Crippen LogP contribution in [0.15, 0.2) is 43.0 Å². The van der Waals surface area contributed by atoms with Crippen LogP contribution in [0.5, 0.6) is 0 Å². The van der Waals surface area contributed by atoms with Gasteiger partial charge < -0.3 is 14.6 Å². The number of hydrogen-bond acceptors (Lipinski definition) is 4. The number of amides is 1. The number of rotatable bonds is 3. The van der Waals surface area contributed by atoms with Crippen molar-refractivity contribution < 1.29 is 9.90 Å². The molecular formula is C20H23N5O2. The number of piperidine rings is 1. The van der Waals surface area contributed by atoms with Crippen LogP contribution in [0.1, 0.15) is 36.2 Å². The van der Waals surface area contributed by atoms with Gasteiger partial charge in [-0.25, -0.2) is 0 Å². The molecule has 2 unspecified atom stereocenters. The minimum absolute atomic E-state index is 0.0132. The van der Waals surface area contributed by atoms with E-state index in [9.17, 15) is 9.90 Å². The Morgan fingerprint density at radius 2 is 2.00 bits per heavy atom. The zero-order valence-corrected chi connectivity index (χ0v) is 15.3. The quantitative estimate of drug-likeness (QED) is 0.770. The first kappa shape index (κ1) is 16.5. The van der Waals surface area contributed by atoms with Gasteiger partial charge in [0.25, 0.3) is 5.91 Å². The number of pyridine rings is 1. The van der Waals surface area contributed by atoms with E-state index in [0.717, 1.165) is 23.7 Å². The van der Waals surface area contributed by atoms with E-state index in [-0.39, 0.29) is 18.0 Å². The third kappa shape index (κ3) is 2.73. The Bertz CT molecular complexity index is 993. The highest BCUT2D eigenvalue weighted by molar-refractivity contribution is 5.93. The average molecular weight is 365 g/mol. The molecule has 0 spiro atoms. The van der Waals surface area contributed by atoms with Crippen LogP contribution in [-0.2, 0) is 13.6 Å². The molecular weight excluding hydrogens is 342 g/mol. The molecule has 2 fully saturated rings. The van der Waals surface area contributed by atoms with Crippen molar-refractivity contribution in [2.75, 3.05) is 0 Å². The van der Waals surface area contributed by atoms with Gasteiger partial charge in [0.2, 0.25) is 0 Å². The smallest absolute Gasteiger partial charge is 0.274 e. The van der Waals surface area contributed by atoms with Gasteiger partial charge in [0.15, 0.2) is 0 Å². The van der Waals surface area contributed by atoms with Crippen LogP contribution < -0.4 is 0 Å². The second-order valence-corrected chi connectivity index (χ2v) is 7.98. The Balaban J connectivity index is 1.38. The SMILES string of the molecule is Cn1ccc(C(=O)N2C3CCC2CC(O)(Cn2ccc4ccncc42)C3)n1. The molecule has 2 aliphatic rings. The molecule has 27 heavy (non-hydrogen) atoms. The van der Waals surface area contributed by atoms with Gasteiger partial charge in [0, 0.05) is 43.1 Å². The maximum absolute atomic E-state index is 12.9. The Hall–Kier alpha value is -2.67. The van der Waals surface area contributed by atoms with Crippen molar-refractivity contribution >= 4 is 16.8 Å². The lowest BCUT2D eigenvalue weighted by molar-refractivity contribution is -0.0534. The van der Waals surface area contributed by atoms with Gasteiger partial charge in [0.1, 0.15) is 5.69 Å². The van der Waals surface area contributed by atoms with E-state index in [4.69, 9.17) is 0 Å². The van der Waals surface area contributed by atoms with Gasteiger partial charge >= 0.3 is 0 Å². The van der Waals surface area contributed by atoms with Crippen molar-refractivity contribution in [2.24, 2.45) is 7.05 Å². The van der Waals surface area contributed by atoms with Crippen molar-refractivity contribution in [3.63, 3.8) is 0 Å². The van der Waals surface area contributed by atoms with E-state index in [2.05, 4.69) is 20.7 Å². The summed E-state index contributed by atoms with van der Waals surface area (Å²) in [6, 6.07) is 5.94. The lowest BCUT2D eigenvalue weighted by Crippen LogP contribution is -2.54. The van der Waals surface area contributed by atoms with E-state index < -0.39 is 5.60 Å². The molecule has 140 valence electrons. The van der Waals surface area contributed by atoms with Gasteiger partial charge in [-0.3, -0.25) is 14.5 Å². The standard InChI is InChI=1S/C20H23N5O2/c1-23-8-6-17(22-23)19(26)25-15-2-3-16(25)11-20(27,10-15)13-24-9-5-14-4-7-21-12-18(14)24/h4-9,12,15-16,27H,2-3,10-11,13H2,1H3. The number of aryl methyl sites for hydroxylation is 1. The molecule has 0 aliphatic carbocycles. The summed E-state index contributed by atoms with van der Waals surface area (Å²) in [5, 5.41) is 16.7. The van der Waals surface area contributed by atoms with E-state index in [1.807, 2.05) is 30.4 Å². The number of fused-ring (bicyclic) bond motifs is 3. The van der Waals surface area contributed by atoms with Gasteiger partial charge in [-0.2, -0.15) is 5.10 Å². The highest BCUT2D eigenvalue weighted by Gasteiger charge is 2.49. The van der Waals surface area contributed by atoms with E-state index in [1.54, 1.807) is 23.1 Å². The third-order valence-electron chi connectivity index (χ3n) is 6.06. The summed E-state index contributed by atoms with van der Waals surface area (Å²) in [5.74, 6) is -0.0132. The number of carbonyl (C=O) groups excluding carboxylic acids is 1. The molecule has 1 amide bonds. The fourth-order valence-electron chi connectivity index (χ4n) is 4.93. The summed E-state index contributed by atoms with van der Waals surface area (Å²) < 4.78 is 3.73. The van der Waals surface area contributed by atoms with Gasteiger partial charge in [-0.1, -0.05) is 0 Å². The number of carbonyl (C=O) groups is 1. The van der Waals surface area contributed by atoms with Crippen LogP contribution in [0.25, 0.3) is 10.9 Å². The summed E-state index contributed by atoms with van der Waals surface area (Å²) in [6.45, 7) is 0.529. The molecule has 0 saturated carbocycles. The minimum atomic E-state index is -0.811. The summed E-state index contributed by atoms with van der Waals surface area (Å²) in [5.41, 5.74) is 0.710. The van der Waals surface area contributed by atoms with Crippen LogP contribution in [0, 0.1) is 0 Å². The van der Waals surface area contributed by atoms with E-state index >= 15 is 0 Å². The molecule has 3 aromatic heterocycles. The first-order valence-electron chi connectivity index (χ1n) is 9.46. The molecule has 0 radical (unpaired) electrons. The summed E-state index contributed by atoms with van der Waals surface area (Å²) in [6.07, 6.45) is 10.5. The second kappa shape index (κ2) is 5.92. The lowest BCUT2D eigenvalue weighted by Gasteiger charge is -2.43. The number of nitrogens with zero attached hydrogens (tertiary/aromatic N) is 5. The molecule has 0 aromatic carbocycles. The Morgan fingerprint density at radius 1 is 1.22 bits per heavy atom. The number of aliphatic hydroxyl groups is 1. The maximum atomic E-state index is 12.9. The van der Waals surface area contributed by atoms with Crippen molar-refractivity contribution in [3.05, 3.63) is 48.7 Å². The molecule has 2 atom stereocenters. The first-order chi connectivity index (χ1) is 13.0. The molecule has 5 rings (SSSR count). The lowest BCUT2D eigenvalue weighted by atomic mass is 9.85. The molecule has 7 heteroatoms. The van der Waals surface area contributed by atoms with Crippen LogP contribution in [0.3, 0.4) is 0 Å². The Labute approximate surface area is 157 Å². The molecule has 2 aliphatic heterocycles. The third-order valence-corrected chi connectivity index (χ3v) is 6.06. The monoisotopic (exact) mass is 365 g/mol. The maximum Gasteiger partial charge on any atom is 0.274 e. The molecule has 3 aromatic rings. The first-order valence-corrected chi connectivity index (χ1v) is 9.46. The predicted molar refractivity (Wildman–Crippen MR) is 100 cm³/mol. The fraction of sp³-hybridized carbons (Fsp3) is 0.450. The summed E-state index contributed by atoms with van der Waals surface area (Å²) in [7, 11) is 1.82. The second-order valence-electron chi connectivity index (χ2n) is 7.98. The molecule has 2 saturated heterocycles. The Morgan fingerprint density at radius 3 is 2.70 bits per heavy atom. The molecule has 7 nitrogen and oxygen atoms in total. The zero-order valence-electron chi connectivity index (χ0n) is 15.3. The molecule has 5 heterocycles. The molecule has 2 bridgehead atoms. The fourth-order valence-corrected chi connectivity index (χ4v) is 4.93. The van der Waals surface area contributed by atoms with E-state index in [0.29, 0.717) is 25.1 Å². The van der Waals surface area contributed by atoms with Crippen molar-refractivity contribution in [3.8, 4) is 0 Å². The topological polar surface area (TPSA) is 76.2 Å². The zero-order chi connectivity index (χ0) is 18.6. The van der Waals surface area contributed by atoms with E-state index in [1.165, 1.54) is 0 Å². The number of aromatic nitrogens is 4. The highest BCUT2D eigenvalue weighted by Crippen LogP contribution is 2.42.